The third-order valence-corrected chi connectivity index (χ3v) is 4.20. The van der Waals surface area contributed by atoms with Gasteiger partial charge in [-0.2, -0.15) is 4.52 Å². The van der Waals surface area contributed by atoms with E-state index in [1.165, 1.54) is 31.2 Å². The number of rotatable bonds is 4. The average molecular weight is 339 g/mol. The van der Waals surface area contributed by atoms with Gasteiger partial charge in [0.15, 0.2) is 11.5 Å². The molecule has 1 amide bonds. The second-order valence-corrected chi connectivity index (χ2v) is 5.90. The summed E-state index contributed by atoms with van der Waals surface area (Å²) in [5.74, 6) is 1.13. The number of carbonyl (C=O) groups is 1. The van der Waals surface area contributed by atoms with E-state index in [1.807, 2.05) is 12.1 Å². The van der Waals surface area contributed by atoms with Crippen LogP contribution in [0.25, 0.3) is 5.65 Å². The standard InChI is InChI=1S/C16H17N7O2/c24-15-6-3-11(9-17-15)16(25)18-10-14-20-19-12-4-5-13(21-23(12)14)22-7-1-2-8-22/h3-6,9H,1-2,7-8,10H2,(H,17,24)(H,18,25). The van der Waals surface area contributed by atoms with Crippen molar-refractivity contribution in [2.75, 3.05) is 18.0 Å². The maximum Gasteiger partial charge on any atom is 0.253 e. The predicted molar refractivity (Wildman–Crippen MR) is 90.5 cm³/mol. The first-order chi connectivity index (χ1) is 12.2. The van der Waals surface area contributed by atoms with Gasteiger partial charge in [-0.25, -0.2) is 0 Å². The van der Waals surface area contributed by atoms with Gasteiger partial charge in [0.2, 0.25) is 5.56 Å². The minimum absolute atomic E-state index is 0.190. The largest absolute Gasteiger partial charge is 0.355 e. The van der Waals surface area contributed by atoms with Crippen LogP contribution >= 0.6 is 0 Å². The van der Waals surface area contributed by atoms with Crippen molar-refractivity contribution in [3.63, 3.8) is 0 Å². The van der Waals surface area contributed by atoms with Gasteiger partial charge in [-0.3, -0.25) is 9.59 Å². The monoisotopic (exact) mass is 339 g/mol. The zero-order valence-corrected chi connectivity index (χ0v) is 13.5. The van der Waals surface area contributed by atoms with E-state index < -0.39 is 0 Å². The number of nitrogens with one attached hydrogen (secondary N) is 2. The number of fused-ring (bicyclic) bond motifs is 1. The minimum atomic E-state index is -0.302. The van der Waals surface area contributed by atoms with Crippen molar-refractivity contribution in [1.82, 2.24) is 30.1 Å². The fraction of sp³-hybridized carbons (Fsp3) is 0.312. The molecule has 0 aliphatic carbocycles. The SMILES string of the molecule is O=C(NCc1nnc2ccc(N3CCCC3)nn12)c1ccc(=O)[nH]c1. The molecule has 128 valence electrons. The van der Waals surface area contributed by atoms with E-state index in [0.29, 0.717) is 17.0 Å². The lowest BCUT2D eigenvalue weighted by Crippen LogP contribution is -2.25. The topological polar surface area (TPSA) is 108 Å². The number of anilines is 1. The van der Waals surface area contributed by atoms with Crippen LogP contribution in [0.15, 0.2) is 35.3 Å². The van der Waals surface area contributed by atoms with Gasteiger partial charge in [0.25, 0.3) is 5.91 Å². The van der Waals surface area contributed by atoms with Crippen molar-refractivity contribution < 1.29 is 4.79 Å². The molecule has 3 aromatic rings. The van der Waals surface area contributed by atoms with Crippen LogP contribution in [0, 0.1) is 0 Å². The molecule has 0 spiro atoms. The van der Waals surface area contributed by atoms with Crippen LogP contribution in [-0.2, 0) is 6.54 Å². The number of nitrogens with zero attached hydrogens (tertiary/aromatic N) is 5. The normalized spacial score (nSPS) is 14.2. The summed E-state index contributed by atoms with van der Waals surface area (Å²) < 4.78 is 1.65. The lowest BCUT2D eigenvalue weighted by atomic mass is 10.3. The van der Waals surface area contributed by atoms with Crippen molar-refractivity contribution in [2.24, 2.45) is 0 Å². The molecule has 3 aromatic heterocycles. The van der Waals surface area contributed by atoms with Crippen molar-refractivity contribution in [3.8, 4) is 0 Å². The van der Waals surface area contributed by atoms with Gasteiger partial charge < -0.3 is 15.2 Å². The van der Waals surface area contributed by atoms with Gasteiger partial charge >= 0.3 is 0 Å². The number of pyridine rings is 1. The summed E-state index contributed by atoms with van der Waals surface area (Å²) in [6.07, 6.45) is 3.72. The smallest absolute Gasteiger partial charge is 0.253 e. The van der Waals surface area contributed by atoms with E-state index in [0.717, 1.165) is 18.9 Å². The third-order valence-electron chi connectivity index (χ3n) is 4.20. The predicted octanol–water partition coefficient (Wildman–Crippen LogP) is 0.343. The molecule has 1 aliphatic heterocycles. The molecule has 4 heterocycles. The molecule has 9 nitrogen and oxygen atoms in total. The zero-order valence-electron chi connectivity index (χ0n) is 13.5. The van der Waals surface area contributed by atoms with Crippen LogP contribution in [-0.4, -0.2) is 43.8 Å². The van der Waals surface area contributed by atoms with Gasteiger partial charge in [-0.05, 0) is 31.0 Å². The van der Waals surface area contributed by atoms with Crippen LogP contribution < -0.4 is 15.8 Å². The summed E-state index contributed by atoms with van der Waals surface area (Å²) in [5.41, 5.74) is 0.758. The lowest BCUT2D eigenvalue weighted by molar-refractivity contribution is 0.0949. The quantitative estimate of drug-likeness (QED) is 0.710. The minimum Gasteiger partial charge on any atom is -0.355 e. The molecule has 9 heteroatoms. The Balaban J connectivity index is 1.52. The Bertz CT molecular complexity index is 952. The number of aromatic amines is 1. The van der Waals surface area contributed by atoms with Crippen molar-refractivity contribution >= 4 is 17.4 Å². The molecule has 0 saturated carbocycles. The van der Waals surface area contributed by atoms with Gasteiger partial charge in [0, 0.05) is 25.4 Å². The molecular weight excluding hydrogens is 322 g/mol. The number of hydrogen-bond donors (Lipinski definition) is 2. The highest BCUT2D eigenvalue weighted by Gasteiger charge is 2.16. The maximum absolute atomic E-state index is 12.1. The van der Waals surface area contributed by atoms with Gasteiger partial charge in [0.1, 0.15) is 5.82 Å². The first kappa shape index (κ1) is 15.3. The highest BCUT2D eigenvalue weighted by atomic mass is 16.1. The van der Waals surface area contributed by atoms with Gasteiger partial charge in [0.05, 0.1) is 12.1 Å². The summed E-state index contributed by atoms with van der Waals surface area (Å²) in [4.78, 5) is 27.9. The second-order valence-electron chi connectivity index (χ2n) is 5.90. The van der Waals surface area contributed by atoms with Crippen molar-refractivity contribution in [1.29, 1.82) is 0 Å². The molecule has 25 heavy (non-hydrogen) atoms. The fourth-order valence-electron chi connectivity index (χ4n) is 2.86. The number of carbonyl (C=O) groups excluding carboxylic acids is 1. The van der Waals surface area contributed by atoms with Crippen LogP contribution in [0.3, 0.4) is 0 Å². The molecule has 0 unspecified atom stereocenters. The van der Waals surface area contributed by atoms with Crippen molar-refractivity contribution in [3.05, 3.63) is 52.2 Å². The van der Waals surface area contributed by atoms with Crippen LogP contribution in [0.2, 0.25) is 0 Å². The molecular formula is C16H17N7O2. The van der Waals surface area contributed by atoms with E-state index in [4.69, 9.17) is 0 Å². The molecule has 0 bridgehead atoms. The first-order valence-electron chi connectivity index (χ1n) is 8.14. The van der Waals surface area contributed by atoms with Crippen molar-refractivity contribution in [2.45, 2.75) is 19.4 Å². The molecule has 1 aliphatic rings. The molecule has 4 rings (SSSR count). The molecule has 1 saturated heterocycles. The average Bonchev–Trinajstić information content (AvgIpc) is 3.30. The Kier molecular flexibility index (Phi) is 3.88. The number of H-pyrrole nitrogens is 1. The Morgan fingerprint density at radius 2 is 2.00 bits per heavy atom. The number of aromatic nitrogens is 5. The van der Waals surface area contributed by atoms with Crippen LogP contribution in [0.1, 0.15) is 29.0 Å². The highest BCUT2D eigenvalue weighted by Crippen LogP contribution is 2.18. The van der Waals surface area contributed by atoms with E-state index >= 15 is 0 Å². The number of hydrogen-bond acceptors (Lipinski definition) is 6. The van der Waals surface area contributed by atoms with Gasteiger partial charge in [-0.15, -0.1) is 15.3 Å². The van der Waals surface area contributed by atoms with E-state index in [1.54, 1.807) is 4.52 Å². The number of amides is 1. The Hall–Kier alpha value is -3.23. The Morgan fingerprint density at radius 1 is 1.16 bits per heavy atom. The fourth-order valence-corrected chi connectivity index (χ4v) is 2.86. The summed E-state index contributed by atoms with van der Waals surface area (Å²) in [5, 5.41) is 15.5. The molecule has 2 N–H and O–H groups in total. The first-order valence-corrected chi connectivity index (χ1v) is 8.14. The molecule has 1 fully saturated rings. The molecule has 0 radical (unpaired) electrons. The lowest BCUT2D eigenvalue weighted by Gasteiger charge is -2.15. The van der Waals surface area contributed by atoms with Crippen LogP contribution in [0.4, 0.5) is 5.82 Å². The zero-order chi connectivity index (χ0) is 17.2. The van der Waals surface area contributed by atoms with E-state index in [2.05, 4.69) is 30.5 Å². The summed E-state index contributed by atoms with van der Waals surface area (Å²) in [6.45, 7) is 2.19. The summed E-state index contributed by atoms with van der Waals surface area (Å²) in [6, 6.07) is 6.60. The summed E-state index contributed by atoms with van der Waals surface area (Å²) in [7, 11) is 0. The Morgan fingerprint density at radius 3 is 2.76 bits per heavy atom. The van der Waals surface area contributed by atoms with E-state index in [-0.39, 0.29) is 18.0 Å². The van der Waals surface area contributed by atoms with Gasteiger partial charge in [-0.1, -0.05) is 0 Å². The Labute approximate surface area is 142 Å². The molecule has 0 aromatic carbocycles. The van der Waals surface area contributed by atoms with E-state index in [9.17, 15) is 9.59 Å². The third kappa shape index (κ3) is 3.08. The summed E-state index contributed by atoms with van der Waals surface area (Å²) >= 11 is 0. The molecule has 0 atom stereocenters. The highest BCUT2D eigenvalue weighted by molar-refractivity contribution is 5.93. The maximum atomic E-state index is 12.1. The second kappa shape index (κ2) is 6.34. The van der Waals surface area contributed by atoms with Crippen LogP contribution in [0.5, 0.6) is 0 Å².